The van der Waals surface area contributed by atoms with Crippen molar-refractivity contribution >= 4 is 29.0 Å². The minimum absolute atomic E-state index is 0.454. The Morgan fingerprint density at radius 2 is 2.00 bits per heavy atom. The molecular formula is C13H13Cl2N3. The van der Waals surface area contributed by atoms with Crippen molar-refractivity contribution in [3.05, 3.63) is 51.9 Å². The van der Waals surface area contributed by atoms with Crippen LogP contribution in [0.5, 0.6) is 0 Å². The standard InChI is InChI=1S/C13H13Cl2N3/c1-2-12-17-11(15)7-13(18-12)16-8-9-4-3-5-10(14)6-9/h3-7H,2,8H2,1H3,(H,16,17,18). The lowest BCUT2D eigenvalue weighted by Gasteiger charge is -2.07. The van der Waals surface area contributed by atoms with Gasteiger partial charge in [0.25, 0.3) is 0 Å². The normalized spacial score (nSPS) is 10.4. The summed E-state index contributed by atoms with van der Waals surface area (Å²) in [4.78, 5) is 8.46. The van der Waals surface area contributed by atoms with Gasteiger partial charge < -0.3 is 5.32 Å². The van der Waals surface area contributed by atoms with Gasteiger partial charge in [0.1, 0.15) is 16.8 Å². The zero-order chi connectivity index (χ0) is 13.0. The lowest BCUT2D eigenvalue weighted by molar-refractivity contribution is 0.933. The summed E-state index contributed by atoms with van der Waals surface area (Å²) in [6.45, 7) is 2.64. The Hall–Kier alpha value is -1.32. The molecule has 0 saturated carbocycles. The summed E-state index contributed by atoms with van der Waals surface area (Å²) in [6, 6.07) is 9.40. The first-order valence-electron chi connectivity index (χ1n) is 5.69. The zero-order valence-corrected chi connectivity index (χ0v) is 11.5. The van der Waals surface area contributed by atoms with Crippen molar-refractivity contribution < 1.29 is 0 Å². The van der Waals surface area contributed by atoms with Crippen LogP contribution in [-0.2, 0) is 13.0 Å². The van der Waals surface area contributed by atoms with Crippen LogP contribution in [0.2, 0.25) is 10.2 Å². The van der Waals surface area contributed by atoms with E-state index in [1.165, 1.54) is 0 Å². The van der Waals surface area contributed by atoms with Crippen LogP contribution in [0.15, 0.2) is 30.3 Å². The van der Waals surface area contributed by atoms with Crippen molar-refractivity contribution in [2.24, 2.45) is 0 Å². The third-order valence-electron chi connectivity index (χ3n) is 2.42. The second kappa shape index (κ2) is 6.03. The molecule has 0 aliphatic heterocycles. The van der Waals surface area contributed by atoms with Gasteiger partial charge in [-0.1, -0.05) is 42.3 Å². The molecule has 2 rings (SSSR count). The minimum atomic E-state index is 0.454. The summed E-state index contributed by atoms with van der Waals surface area (Å²) in [5, 5.41) is 4.39. The Bertz CT molecular complexity index is 544. The van der Waals surface area contributed by atoms with Gasteiger partial charge in [-0.25, -0.2) is 9.97 Å². The van der Waals surface area contributed by atoms with Crippen molar-refractivity contribution in [1.29, 1.82) is 0 Å². The van der Waals surface area contributed by atoms with Gasteiger partial charge in [-0.3, -0.25) is 0 Å². The van der Waals surface area contributed by atoms with Gasteiger partial charge in [0, 0.05) is 24.1 Å². The summed E-state index contributed by atoms with van der Waals surface area (Å²) >= 11 is 11.8. The van der Waals surface area contributed by atoms with E-state index in [4.69, 9.17) is 23.2 Å². The first kappa shape index (κ1) is 13.1. The zero-order valence-electron chi connectivity index (χ0n) is 9.95. The molecule has 0 amide bonds. The number of rotatable bonds is 4. The molecular weight excluding hydrogens is 269 g/mol. The predicted octanol–water partition coefficient (Wildman–Crippen LogP) is 3.96. The number of aryl methyl sites for hydroxylation is 1. The van der Waals surface area contributed by atoms with Gasteiger partial charge in [0.2, 0.25) is 0 Å². The van der Waals surface area contributed by atoms with Gasteiger partial charge in [0.05, 0.1) is 0 Å². The summed E-state index contributed by atoms with van der Waals surface area (Å²) in [5.74, 6) is 1.46. The number of aromatic nitrogens is 2. The summed E-state index contributed by atoms with van der Waals surface area (Å²) in [7, 11) is 0. The molecule has 0 unspecified atom stereocenters. The molecule has 3 nitrogen and oxygen atoms in total. The second-order valence-electron chi connectivity index (χ2n) is 3.83. The van der Waals surface area contributed by atoms with Crippen molar-refractivity contribution in [3.8, 4) is 0 Å². The first-order chi connectivity index (χ1) is 8.67. The van der Waals surface area contributed by atoms with E-state index in [2.05, 4.69) is 15.3 Å². The Kier molecular flexibility index (Phi) is 4.39. The van der Waals surface area contributed by atoms with E-state index in [1.54, 1.807) is 6.07 Å². The van der Waals surface area contributed by atoms with E-state index in [0.29, 0.717) is 11.7 Å². The number of hydrogen-bond acceptors (Lipinski definition) is 3. The van der Waals surface area contributed by atoms with Crippen LogP contribution in [0.3, 0.4) is 0 Å². The molecule has 1 aromatic carbocycles. The van der Waals surface area contributed by atoms with E-state index < -0.39 is 0 Å². The van der Waals surface area contributed by atoms with E-state index >= 15 is 0 Å². The fraction of sp³-hybridized carbons (Fsp3) is 0.231. The topological polar surface area (TPSA) is 37.8 Å². The third-order valence-corrected chi connectivity index (χ3v) is 2.85. The fourth-order valence-electron chi connectivity index (χ4n) is 1.55. The van der Waals surface area contributed by atoms with Crippen LogP contribution in [0.25, 0.3) is 0 Å². The van der Waals surface area contributed by atoms with Crippen molar-refractivity contribution in [1.82, 2.24) is 9.97 Å². The van der Waals surface area contributed by atoms with Gasteiger partial charge in [-0.2, -0.15) is 0 Å². The summed E-state index contributed by atoms with van der Waals surface area (Å²) in [6.07, 6.45) is 0.756. The van der Waals surface area contributed by atoms with Crippen molar-refractivity contribution in [2.75, 3.05) is 5.32 Å². The number of hydrogen-bond donors (Lipinski definition) is 1. The quantitative estimate of drug-likeness (QED) is 0.862. The molecule has 0 bridgehead atoms. The molecule has 5 heteroatoms. The summed E-state index contributed by atoms with van der Waals surface area (Å²) in [5.41, 5.74) is 1.09. The molecule has 0 saturated heterocycles. The Morgan fingerprint density at radius 1 is 1.17 bits per heavy atom. The average Bonchev–Trinajstić information content (AvgIpc) is 2.36. The van der Waals surface area contributed by atoms with Crippen LogP contribution < -0.4 is 5.32 Å². The highest BCUT2D eigenvalue weighted by Gasteiger charge is 2.02. The van der Waals surface area contributed by atoms with Crippen LogP contribution in [0.4, 0.5) is 5.82 Å². The van der Waals surface area contributed by atoms with E-state index in [1.807, 2.05) is 31.2 Å². The molecule has 0 radical (unpaired) electrons. The van der Waals surface area contributed by atoms with Crippen LogP contribution >= 0.6 is 23.2 Å². The molecule has 1 aromatic heterocycles. The number of halogens is 2. The molecule has 1 N–H and O–H groups in total. The maximum Gasteiger partial charge on any atom is 0.134 e. The number of nitrogens with one attached hydrogen (secondary N) is 1. The Labute approximate surface area is 116 Å². The highest BCUT2D eigenvalue weighted by Crippen LogP contribution is 2.15. The molecule has 1 heterocycles. The van der Waals surface area contributed by atoms with Gasteiger partial charge in [0.15, 0.2) is 0 Å². The lowest BCUT2D eigenvalue weighted by atomic mass is 10.2. The van der Waals surface area contributed by atoms with Crippen molar-refractivity contribution in [2.45, 2.75) is 19.9 Å². The second-order valence-corrected chi connectivity index (χ2v) is 4.65. The lowest BCUT2D eigenvalue weighted by Crippen LogP contribution is -2.04. The molecule has 0 fully saturated rings. The Balaban J connectivity index is 2.08. The maximum atomic E-state index is 5.92. The molecule has 94 valence electrons. The van der Waals surface area contributed by atoms with Crippen LogP contribution in [-0.4, -0.2) is 9.97 Å². The average molecular weight is 282 g/mol. The molecule has 0 aliphatic rings. The van der Waals surface area contributed by atoms with Gasteiger partial charge >= 0.3 is 0 Å². The monoisotopic (exact) mass is 281 g/mol. The SMILES string of the molecule is CCc1nc(Cl)cc(NCc2cccc(Cl)c2)n1. The molecule has 0 aliphatic carbocycles. The predicted molar refractivity (Wildman–Crippen MR) is 75.2 cm³/mol. The third kappa shape index (κ3) is 3.59. The number of nitrogens with zero attached hydrogens (tertiary/aromatic N) is 2. The number of benzene rings is 1. The fourth-order valence-corrected chi connectivity index (χ4v) is 1.97. The summed E-state index contributed by atoms with van der Waals surface area (Å²) < 4.78 is 0. The minimum Gasteiger partial charge on any atom is -0.366 e. The van der Waals surface area contributed by atoms with Gasteiger partial charge in [-0.15, -0.1) is 0 Å². The van der Waals surface area contributed by atoms with Gasteiger partial charge in [-0.05, 0) is 17.7 Å². The molecule has 18 heavy (non-hydrogen) atoms. The highest BCUT2D eigenvalue weighted by atomic mass is 35.5. The van der Waals surface area contributed by atoms with E-state index in [-0.39, 0.29) is 0 Å². The largest absolute Gasteiger partial charge is 0.366 e. The van der Waals surface area contributed by atoms with Crippen LogP contribution in [0, 0.1) is 0 Å². The van der Waals surface area contributed by atoms with E-state index in [9.17, 15) is 0 Å². The van der Waals surface area contributed by atoms with Crippen LogP contribution in [0.1, 0.15) is 18.3 Å². The Morgan fingerprint density at radius 3 is 2.72 bits per heavy atom. The van der Waals surface area contributed by atoms with E-state index in [0.717, 1.165) is 28.6 Å². The number of anilines is 1. The molecule has 0 spiro atoms. The molecule has 0 atom stereocenters. The first-order valence-corrected chi connectivity index (χ1v) is 6.44. The highest BCUT2D eigenvalue weighted by molar-refractivity contribution is 6.30. The smallest absolute Gasteiger partial charge is 0.134 e. The van der Waals surface area contributed by atoms with Crippen molar-refractivity contribution in [3.63, 3.8) is 0 Å². The maximum absolute atomic E-state index is 5.92. The molecule has 2 aromatic rings.